The molecule has 2 aromatic heterocycles. The van der Waals surface area contributed by atoms with E-state index in [2.05, 4.69) is 15.4 Å². The van der Waals surface area contributed by atoms with Gasteiger partial charge in [0.2, 0.25) is 5.91 Å². The Kier molecular flexibility index (Phi) is 5.16. The van der Waals surface area contributed by atoms with Crippen molar-refractivity contribution in [1.82, 2.24) is 14.8 Å². The van der Waals surface area contributed by atoms with E-state index in [0.717, 1.165) is 22.7 Å². The topological polar surface area (TPSA) is 59.8 Å². The van der Waals surface area contributed by atoms with Crippen LogP contribution in [0.3, 0.4) is 0 Å². The highest BCUT2D eigenvalue weighted by Gasteiger charge is 2.39. The fourth-order valence-corrected chi connectivity index (χ4v) is 4.24. The zero-order valence-corrected chi connectivity index (χ0v) is 16.5. The van der Waals surface area contributed by atoms with Crippen molar-refractivity contribution in [2.75, 3.05) is 5.32 Å². The van der Waals surface area contributed by atoms with Crippen LogP contribution in [0.4, 0.5) is 18.9 Å². The maximum absolute atomic E-state index is 13.3. The number of aromatic nitrogens is 3. The first-order valence-electron chi connectivity index (χ1n) is 9.29. The average molecular weight is 420 g/mol. The Morgan fingerprint density at radius 1 is 1.28 bits per heavy atom. The van der Waals surface area contributed by atoms with Gasteiger partial charge in [-0.1, -0.05) is 12.1 Å². The van der Waals surface area contributed by atoms with Crippen LogP contribution < -0.4 is 5.32 Å². The highest BCUT2D eigenvalue weighted by Crippen LogP contribution is 2.35. The predicted octanol–water partition coefficient (Wildman–Crippen LogP) is 4.85. The Hall–Kier alpha value is -2.68. The number of nitrogens with zero attached hydrogens (tertiary/aromatic N) is 3. The molecular weight excluding hydrogens is 401 g/mol. The number of alkyl halides is 3. The number of anilines is 1. The number of nitrogens with one attached hydrogen (secondary N) is 1. The van der Waals surface area contributed by atoms with Gasteiger partial charge in [0, 0.05) is 27.9 Å². The van der Waals surface area contributed by atoms with E-state index in [1.165, 1.54) is 16.0 Å². The molecule has 0 radical (unpaired) electrons. The molecule has 29 heavy (non-hydrogen) atoms. The van der Waals surface area contributed by atoms with Crippen LogP contribution in [0.25, 0.3) is 11.3 Å². The third-order valence-corrected chi connectivity index (χ3v) is 5.65. The molecule has 1 amide bonds. The van der Waals surface area contributed by atoms with Gasteiger partial charge in [0.15, 0.2) is 5.69 Å². The van der Waals surface area contributed by atoms with Crippen LogP contribution >= 0.6 is 11.3 Å². The van der Waals surface area contributed by atoms with Gasteiger partial charge in [0.05, 0.1) is 10.7 Å². The molecule has 0 unspecified atom stereocenters. The van der Waals surface area contributed by atoms with Gasteiger partial charge in [-0.2, -0.15) is 18.3 Å². The molecule has 1 aliphatic rings. The molecule has 2 heterocycles. The fourth-order valence-electron chi connectivity index (χ4n) is 3.62. The third kappa shape index (κ3) is 4.19. The molecule has 5 nitrogen and oxygen atoms in total. The molecule has 152 valence electrons. The van der Waals surface area contributed by atoms with Crippen molar-refractivity contribution >= 4 is 22.9 Å². The number of fused-ring (bicyclic) bond motifs is 1. The first-order chi connectivity index (χ1) is 13.8. The minimum absolute atomic E-state index is 0.234. The summed E-state index contributed by atoms with van der Waals surface area (Å²) in [5.74, 6) is -0.416. The number of rotatable bonds is 4. The summed E-state index contributed by atoms with van der Waals surface area (Å²) in [6, 6.07) is 7.23. The number of amides is 1. The van der Waals surface area contributed by atoms with Crippen LogP contribution in [0, 0.1) is 6.92 Å². The van der Waals surface area contributed by atoms with Gasteiger partial charge in [-0.25, -0.2) is 4.98 Å². The van der Waals surface area contributed by atoms with Crippen LogP contribution in [-0.4, -0.2) is 20.7 Å². The summed E-state index contributed by atoms with van der Waals surface area (Å²) < 4.78 is 41.1. The molecule has 4 rings (SSSR count). The second kappa shape index (κ2) is 7.62. The Morgan fingerprint density at radius 2 is 2.07 bits per heavy atom. The first kappa shape index (κ1) is 19.6. The van der Waals surface area contributed by atoms with Gasteiger partial charge in [-0.05, 0) is 44.7 Å². The van der Waals surface area contributed by atoms with Gasteiger partial charge in [-0.15, -0.1) is 11.3 Å². The Bertz CT molecular complexity index is 1050. The molecule has 1 N–H and O–H groups in total. The van der Waals surface area contributed by atoms with Crippen LogP contribution in [0.5, 0.6) is 0 Å². The largest absolute Gasteiger partial charge is 0.435 e. The molecule has 0 spiro atoms. The Balaban J connectivity index is 1.53. The molecule has 1 aliphatic carbocycles. The lowest BCUT2D eigenvalue weighted by Gasteiger charge is -2.14. The lowest BCUT2D eigenvalue weighted by molar-refractivity contribution is -0.142. The number of thiazole rings is 1. The normalized spacial score (nSPS) is 13.9. The smallest absolute Gasteiger partial charge is 0.324 e. The van der Waals surface area contributed by atoms with E-state index < -0.39 is 17.8 Å². The second-order valence-corrected chi connectivity index (χ2v) is 8.08. The summed E-state index contributed by atoms with van der Waals surface area (Å²) in [7, 11) is 0. The highest BCUT2D eigenvalue weighted by molar-refractivity contribution is 7.09. The van der Waals surface area contributed by atoms with E-state index in [9.17, 15) is 18.0 Å². The van der Waals surface area contributed by atoms with Crippen molar-refractivity contribution in [2.45, 2.75) is 45.3 Å². The standard InChI is InChI=1S/C20H19F3N4OS/c1-12-24-16(11-29-12)13-5-4-6-14(9-13)25-18(28)10-27-17-8-3-2-7-15(17)19(26-27)20(21,22)23/h4-6,9,11H,2-3,7-8,10H2,1H3,(H,25,28). The molecular formula is C20H19F3N4OS. The van der Waals surface area contributed by atoms with E-state index in [-0.39, 0.29) is 12.1 Å². The molecule has 0 fully saturated rings. The van der Waals surface area contributed by atoms with Crippen molar-refractivity contribution in [2.24, 2.45) is 0 Å². The summed E-state index contributed by atoms with van der Waals surface area (Å²) in [5.41, 5.74) is 2.14. The number of hydrogen-bond donors (Lipinski definition) is 1. The minimum atomic E-state index is -4.51. The first-order valence-corrected chi connectivity index (χ1v) is 10.2. The van der Waals surface area contributed by atoms with Gasteiger partial charge >= 0.3 is 6.18 Å². The fraction of sp³-hybridized carbons (Fsp3) is 0.350. The van der Waals surface area contributed by atoms with E-state index in [1.807, 2.05) is 18.4 Å². The van der Waals surface area contributed by atoms with Gasteiger partial charge < -0.3 is 5.32 Å². The number of carbonyl (C=O) groups excluding carboxylic acids is 1. The lowest BCUT2D eigenvalue weighted by Crippen LogP contribution is -2.21. The molecule has 0 saturated carbocycles. The van der Waals surface area contributed by atoms with Crippen molar-refractivity contribution in [3.63, 3.8) is 0 Å². The molecule has 1 aromatic carbocycles. The molecule has 3 aromatic rings. The number of halogens is 3. The van der Waals surface area contributed by atoms with Gasteiger partial charge in [0.1, 0.15) is 6.54 Å². The second-order valence-electron chi connectivity index (χ2n) is 7.02. The predicted molar refractivity (Wildman–Crippen MR) is 105 cm³/mol. The van der Waals surface area contributed by atoms with Gasteiger partial charge in [-0.3, -0.25) is 9.48 Å². The van der Waals surface area contributed by atoms with Crippen LogP contribution in [-0.2, 0) is 30.4 Å². The molecule has 0 bridgehead atoms. The SMILES string of the molecule is Cc1nc(-c2cccc(NC(=O)Cn3nc(C(F)(F)F)c4c3CCCC4)c2)cs1. The maximum atomic E-state index is 13.3. The summed E-state index contributed by atoms with van der Waals surface area (Å²) in [5, 5.41) is 9.37. The monoisotopic (exact) mass is 420 g/mol. The summed E-state index contributed by atoms with van der Waals surface area (Å²) in [4.78, 5) is 16.9. The van der Waals surface area contributed by atoms with E-state index in [4.69, 9.17) is 0 Å². The van der Waals surface area contributed by atoms with E-state index >= 15 is 0 Å². The molecule has 0 saturated heterocycles. The number of hydrogen-bond acceptors (Lipinski definition) is 4. The van der Waals surface area contributed by atoms with Gasteiger partial charge in [0.25, 0.3) is 0 Å². The number of carbonyl (C=O) groups is 1. The molecule has 0 aliphatic heterocycles. The summed E-state index contributed by atoms with van der Waals surface area (Å²) >= 11 is 1.54. The minimum Gasteiger partial charge on any atom is -0.324 e. The molecule has 0 atom stereocenters. The summed E-state index contributed by atoms with van der Waals surface area (Å²) in [6.45, 7) is 1.66. The van der Waals surface area contributed by atoms with Crippen molar-refractivity contribution in [1.29, 1.82) is 0 Å². The maximum Gasteiger partial charge on any atom is 0.435 e. The van der Waals surface area contributed by atoms with Crippen LogP contribution in [0.1, 0.15) is 34.8 Å². The van der Waals surface area contributed by atoms with Crippen LogP contribution in [0.2, 0.25) is 0 Å². The Morgan fingerprint density at radius 3 is 2.79 bits per heavy atom. The quantitative estimate of drug-likeness (QED) is 0.656. The third-order valence-electron chi connectivity index (χ3n) is 4.88. The van der Waals surface area contributed by atoms with Crippen LogP contribution in [0.15, 0.2) is 29.6 Å². The number of aryl methyl sites for hydroxylation is 1. The zero-order chi connectivity index (χ0) is 20.6. The summed E-state index contributed by atoms with van der Waals surface area (Å²) in [6.07, 6.45) is -2.15. The highest BCUT2D eigenvalue weighted by atomic mass is 32.1. The average Bonchev–Trinajstić information content (AvgIpc) is 3.26. The lowest BCUT2D eigenvalue weighted by atomic mass is 9.95. The Labute approximate surface area is 169 Å². The van der Waals surface area contributed by atoms with Crippen molar-refractivity contribution in [3.05, 3.63) is 51.6 Å². The zero-order valence-electron chi connectivity index (χ0n) is 15.7. The van der Waals surface area contributed by atoms with Crippen molar-refractivity contribution in [3.8, 4) is 11.3 Å². The van der Waals surface area contributed by atoms with Crippen molar-refractivity contribution < 1.29 is 18.0 Å². The van der Waals surface area contributed by atoms with E-state index in [0.29, 0.717) is 30.6 Å². The van der Waals surface area contributed by atoms with E-state index in [1.54, 1.807) is 18.2 Å². The molecule has 9 heteroatoms. The number of benzene rings is 1.